The monoisotopic (exact) mass is 265 g/mol. The first-order chi connectivity index (χ1) is 8.99. The van der Waals surface area contributed by atoms with Crippen molar-refractivity contribution in [3.8, 4) is 11.5 Å². The molecule has 0 saturated heterocycles. The van der Waals surface area contributed by atoms with Gasteiger partial charge in [-0.1, -0.05) is 0 Å². The second kappa shape index (κ2) is 5.01. The van der Waals surface area contributed by atoms with Crippen molar-refractivity contribution in [2.45, 2.75) is 6.92 Å². The zero-order valence-corrected chi connectivity index (χ0v) is 9.85. The lowest BCUT2D eigenvalue weighted by molar-refractivity contribution is 0.0694. The fraction of sp³-hybridized carbons (Fsp3) is 0.0769. The van der Waals surface area contributed by atoms with Crippen LogP contribution in [-0.2, 0) is 0 Å². The van der Waals surface area contributed by atoms with E-state index in [1.807, 2.05) is 0 Å². The molecule has 0 radical (unpaired) electrons. The molecule has 1 N–H and O–H groups in total. The van der Waals surface area contributed by atoms with E-state index >= 15 is 0 Å². The van der Waals surface area contributed by atoms with Crippen molar-refractivity contribution < 1.29 is 23.4 Å². The van der Waals surface area contributed by atoms with Crippen molar-refractivity contribution in [3.63, 3.8) is 0 Å². The highest BCUT2D eigenvalue weighted by atomic mass is 19.2. The normalized spacial score (nSPS) is 10.3. The summed E-state index contributed by atoms with van der Waals surface area (Å²) in [4.78, 5) is 14.7. The number of carboxylic acids is 1. The number of ether oxygens (including phenoxy) is 1. The molecule has 0 fully saturated rings. The zero-order chi connectivity index (χ0) is 14.0. The van der Waals surface area contributed by atoms with Crippen LogP contribution in [-0.4, -0.2) is 16.1 Å². The zero-order valence-electron chi connectivity index (χ0n) is 9.85. The number of benzene rings is 1. The summed E-state index contributed by atoms with van der Waals surface area (Å²) < 4.78 is 31.4. The van der Waals surface area contributed by atoms with Gasteiger partial charge >= 0.3 is 5.97 Å². The van der Waals surface area contributed by atoms with Crippen LogP contribution in [0, 0.1) is 18.6 Å². The van der Waals surface area contributed by atoms with Gasteiger partial charge in [-0.25, -0.2) is 13.6 Å². The number of aryl methyl sites for hydroxylation is 1. The largest absolute Gasteiger partial charge is 0.478 e. The predicted octanol–water partition coefficient (Wildman–Crippen LogP) is 3.16. The van der Waals surface area contributed by atoms with Crippen LogP contribution in [0.1, 0.15) is 15.9 Å². The van der Waals surface area contributed by atoms with E-state index < -0.39 is 17.6 Å². The van der Waals surface area contributed by atoms with Gasteiger partial charge in [0.1, 0.15) is 11.3 Å². The van der Waals surface area contributed by atoms with Crippen LogP contribution < -0.4 is 4.74 Å². The Kier molecular flexibility index (Phi) is 3.41. The Morgan fingerprint density at radius 1 is 1.26 bits per heavy atom. The molecule has 0 saturated carbocycles. The van der Waals surface area contributed by atoms with E-state index in [0.717, 1.165) is 12.1 Å². The number of aromatic carboxylic acids is 1. The molecule has 1 aromatic heterocycles. The molecule has 0 aliphatic heterocycles. The average Bonchev–Trinajstić information content (AvgIpc) is 2.36. The molecule has 2 rings (SSSR count). The third-order valence-corrected chi connectivity index (χ3v) is 2.45. The molecule has 0 bridgehead atoms. The molecule has 4 nitrogen and oxygen atoms in total. The Morgan fingerprint density at radius 2 is 1.95 bits per heavy atom. The summed E-state index contributed by atoms with van der Waals surface area (Å²) in [6, 6.07) is 3.09. The van der Waals surface area contributed by atoms with E-state index in [1.54, 1.807) is 0 Å². The van der Waals surface area contributed by atoms with Gasteiger partial charge in [-0.05, 0) is 24.6 Å². The number of hydrogen-bond acceptors (Lipinski definition) is 3. The molecule has 1 heterocycles. The van der Waals surface area contributed by atoms with Gasteiger partial charge in [-0.15, -0.1) is 0 Å². The molecule has 6 heteroatoms. The molecule has 0 aliphatic carbocycles. The minimum Gasteiger partial charge on any atom is -0.478 e. The number of rotatable bonds is 3. The van der Waals surface area contributed by atoms with Crippen LogP contribution in [0.25, 0.3) is 0 Å². The number of carboxylic acid groups (broad SMARTS) is 1. The van der Waals surface area contributed by atoms with Crippen LogP contribution in [0.5, 0.6) is 11.5 Å². The lowest BCUT2D eigenvalue weighted by atomic mass is 10.2. The van der Waals surface area contributed by atoms with Crippen LogP contribution in [0.3, 0.4) is 0 Å². The lowest BCUT2D eigenvalue weighted by Gasteiger charge is -2.10. The maximum Gasteiger partial charge on any atom is 0.339 e. The van der Waals surface area contributed by atoms with Crippen LogP contribution in [0.2, 0.25) is 0 Å². The first-order valence-electron chi connectivity index (χ1n) is 5.30. The minimum atomic E-state index is -1.20. The van der Waals surface area contributed by atoms with Gasteiger partial charge in [-0.2, -0.15) is 0 Å². The molecule has 19 heavy (non-hydrogen) atoms. The Labute approximate surface area is 107 Å². The summed E-state index contributed by atoms with van der Waals surface area (Å²) in [5.74, 6) is -3.26. The Hall–Kier alpha value is -2.50. The van der Waals surface area contributed by atoms with Crippen LogP contribution in [0.4, 0.5) is 8.78 Å². The van der Waals surface area contributed by atoms with E-state index in [4.69, 9.17) is 9.84 Å². The summed E-state index contributed by atoms with van der Waals surface area (Å²) in [5.41, 5.74) is 0.234. The predicted molar refractivity (Wildman–Crippen MR) is 62.4 cm³/mol. The molecule has 0 aliphatic rings. The highest BCUT2D eigenvalue weighted by Gasteiger charge is 2.14. The Bertz CT molecular complexity index is 644. The van der Waals surface area contributed by atoms with Gasteiger partial charge in [-0.3, -0.25) is 4.98 Å². The molecule has 0 spiro atoms. The summed E-state index contributed by atoms with van der Waals surface area (Å²) >= 11 is 0. The quantitative estimate of drug-likeness (QED) is 0.926. The number of aromatic nitrogens is 1. The molecule has 1 aromatic carbocycles. The number of hydrogen-bond donors (Lipinski definition) is 1. The van der Waals surface area contributed by atoms with Crippen molar-refractivity contribution in [1.82, 2.24) is 4.98 Å². The first kappa shape index (κ1) is 12.9. The second-order valence-electron chi connectivity index (χ2n) is 3.81. The van der Waals surface area contributed by atoms with Crippen molar-refractivity contribution >= 4 is 5.97 Å². The smallest absolute Gasteiger partial charge is 0.339 e. The topological polar surface area (TPSA) is 59.4 Å². The van der Waals surface area contributed by atoms with Crippen LogP contribution in [0.15, 0.2) is 30.6 Å². The standard InChI is InChI=1S/C13H9F2NO3/c1-7-4-9(14)10(15)5-11(7)19-12-6-16-3-2-8(12)13(17)18/h2-6H,1H3,(H,17,18). The number of halogens is 2. The highest BCUT2D eigenvalue weighted by molar-refractivity contribution is 5.90. The maximum absolute atomic E-state index is 13.1. The third-order valence-electron chi connectivity index (χ3n) is 2.45. The van der Waals surface area contributed by atoms with Gasteiger partial charge in [0.15, 0.2) is 17.4 Å². The van der Waals surface area contributed by atoms with E-state index in [9.17, 15) is 13.6 Å². The summed E-state index contributed by atoms with van der Waals surface area (Å²) in [6.45, 7) is 1.52. The molecule has 0 unspecified atom stereocenters. The van der Waals surface area contributed by atoms with Crippen molar-refractivity contribution in [2.75, 3.05) is 0 Å². The van der Waals surface area contributed by atoms with Gasteiger partial charge in [0.2, 0.25) is 0 Å². The van der Waals surface area contributed by atoms with Gasteiger partial charge < -0.3 is 9.84 Å². The first-order valence-corrected chi connectivity index (χ1v) is 5.30. The molecular formula is C13H9F2NO3. The maximum atomic E-state index is 13.1. The molecular weight excluding hydrogens is 256 g/mol. The molecule has 98 valence electrons. The Balaban J connectivity index is 2.42. The lowest BCUT2D eigenvalue weighted by Crippen LogP contribution is -2.01. The van der Waals surface area contributed by atoms with Crippen molar-refractivity contribution in [3.05, 3.63) is 53.4 Å². The van der Waals surface area contributed by atoms with E-state index in [-0.39, 0.29) is 17.1 Å². The van der Waals surface area contributed by atoms with E-state index in [1.165, 1.54) is 25.4 Å². The van der Waals surface area contributed by atoms with Gasteiger partial charge in [0, 0.05) is 12.3 Å². The minimum absolute atomic E-state index is 0.0365. The summed E-state index contributed by atoms with van der Waals surface area (Å²) in [5, 5.41) is 8.97. The Morgan fingerprint density at radius 3 is 2.63 bits per heavy atom. The highest BCUT2D eigenvalue weighted by Crippen LogP contribution is 2.28. The molecule has 0 atom stereocenters. The summed E-state index contributed by atoms with van der Waals surface area (Å²) in [6.07, 6.45) is 2.50. The van der Waals surface area contributed by atoms with Crippen molar-refractivity contribution in [1.29, 1.82) is 0 Å². The number of nitrogens with zero attached hydrogens (tertiary/aromatic N) is 1. The van der Waals surface area contributed by atoms with E-state index in [2.05, 4.69) is 4.98 Å². The molecule has 0 amide bonds. The summed E-state index contributed by atoms with van der Waals surface area (Å²) in [7, 11) is 0. The third kappa shape index (κ3) is 2.67. The van der Waals surface area contributed by atoms with Gasteiger partial charge in [0.25, 0.3) is 0 Å². The fourth-order valence-corrected chi connectivity index (χ4v) is 1.49. The van der Waals surface area contributed by atoms with Crippen LogP contribution >= 0.6 is 0 Å². The van der Waals surface area contributed by atoms with Gasteiger partial charge in [0.05, 0.1) is 6.20 Å². The molecule has 2 aromatic rings. The number of pyridine rings is 1. The van der Waals surface area contributed by atoms with E-state index in [0.29, 0.717) is 5.56 Å². The second-order valence-corrected chi connectivity index (χ2v) is 3.81. The average molecular weight is 265 g/mol. The van der Waals surface area contributed by atoms with Crippen molar-refractivity contribution in [2.24, 2.45) is 0 Å². The number of carbonyl (C=O) groups is 1. The fourth-order valence-electron chi connectivity index (χ4n) is 1.49. The SMILES string of the molecule is Cc1cc(F)c(F)cc1Oc1cnccc1C(=O)O.